The number of hydrogen-bond donors (Lipinski definition) is 1. The molecule has 0 radical (unpaired) electrons. The van der Waals surface area contributed by atoms with E-state index in [-0.39, 0.29) is 11.6 Å². The van der Waals surface area contributed by atoms with Crippen molar-refractivity contribution < 1.29 is 14.6 Å². The summed E-state index contributed by atoms with van der Waals surface area (Å²) < 4.78 is 7.50. The van der Waals surface area contributed by atoms with E-state index in [1.54, 1.807) is 7.11 Å². The first kappa shape index (κ1) is 22.7. The number of nitrogens with zero attached hydrogens (tertiary/aromatic N) is 1. The van der Waals surface area contributed by atoms with Crippen LogP contribution in [0, 0.1) is 6.92 Å². The molecule has 0 spiro atoms. The highest BCUT2D eigenvalue weighted by molar-refractivity contribution is 5.87. The van der Waals surface area contributed by atoms with Crippen molar-refractivity contribution >= 4 is 5.97 Å². The fourth-order valence-electron chi connectivity index (χ4n) is 3.68. The minimum Gasteiger partial charge on any atom is -0.496 e. The number of benzene rings is 1. The second-order valence-electron chi connectivity index (χ2n) is 7.89. The number of carboxylic acid groups (broad SMARTS) is 1. The third-order valence-electron chi connectivity index (χ3n) is 5.32. The van der Waals surface area contributed by atoms with Gasteiger partial charge in [-0.05, 0) is 50.8 Å². The molecule has 0 atom stereocenters. The van der Waals surface area contributed by atoms with Crippen molar-refractivity contribution in [1.29, 1.82) is 0 Å². The van der Waals surface area contributed by atoms with E-state index < -0.39 is 11.4 Å². The van der Waals surface area contributed by atoms with Crippen LogP contribution < -0.4 is 10.2 Å². The Kier molecular flexibility index (Phi) is 8.06. The number of aromatic nitrogens is 1. The summed E-state index contributed by atoms with van der Waals surface area (Å²) in [6.45, 7) is 8.17. The molecule has 5 nitrogen and oxygen atoms in total. The average Bonchev–Trinajstić information content (AvgIpc) is 2.67. The van der Waals surface area contributed by atoms with Gasteiger partial charge in [-0.1, -0.05) is 38.7 Å². The molecule has 1 N–H and O–H groups in total. The maximum absolute atomic E-state index is 12.4. The van der Waals surface area contributed by atoms with Crippen molar-refractivity contribution in [2.75, 3.05) is 7.11 Å². The highest BCUT2D eigenvalue weighted by Gasteiger charge is 2.18. The normalized spacial score (nSPS) is 11.1. The van der Waals surface area contributed by atoms with Crippen LogP contribution in [0.1, 0.15) is 80.4 Å². The van der Waals surface area contributed by atoms with Crippen LogP contribution in [-0.2, 0) is 6.42 Å². The largest absolute Gasteiger partial charge is 0.496 e. The predicted molar refractivity (Wildman–Crippen MR) is 117 cm³/mol. The van der Waals surface area contributed by atoms with E-state index in [0.717, 1.165) is 29.7 Å². The van der Waals surface area contributed by atoms with E-state index in [4.69, 9.17) is 4.74 Å². The van der Waals surface area contributed by atoms with Gasteiger partial charge in [0.15, 0.2) is 5.43 Å². The van der Waals surface area contributed by atoms with Crippen LogP contribution in [0.25, 0.3) is 11.3 Å². The Morgan fingerprint density at radius 3 is 2.41 bits per heavy atom. The molecule has 2 aromatic rings. The lowest BCUT2D eigenvalue weighted by atomic mass is 9.96. The number of aromatic carboxylic acids is 1. The van der Waals surface area contributed by atoms with Gasteiger partial charge in [-0.15, -0.1) is 0 Å². The number of methoxy groups -OCH3 is 1. The van der Waals surface area contributed by atoms with Crippen molar-refractivity contribution in [3.8, 4) is 17.0 Å². The smallest absolute Gasteiger partial charge is 0.341 e. The van der Waals surface area contributed by atoms with Gasteiger partial charge in [0.2, 0.25) is 0 Å². The van der Waals surface area contributed by atoms with Gasteiger partial charge in [0.1, 0.15) is 11.3 Å². The second-order valence-corrected chi connectivity index (χ2v) is 7.89. The minimum atomic E-state index is -1.20. The summed E-state index contributed by atoms with van der Waals surface area (Å²) in [6.07, 6.45) is 8.50. The van der Waals surface area contributed by atoms with Gasteiger partial charge >= 0.3 is 5.97 Å². The number of pyridine rings is 1. The molecule has 0 saturated carbocycles. The van der Waals surface area contributed by atoms with Crippen molar-refractivity contribution in [3.63, 3.8) is 0 Å². The Balaban J connectivity index is 2.46. The lowest BCUT2D eigenvalue weighted by Crippen LogP contribution is -2.20. The number of aryl methyl sites for hydroxylation is 2. The number of carbonyl (C=O) groups is 1. The van der Waals surface area contributed by atoms with Gasteiger partial charge in [-0.2, -0.15) is 0 Å². The van der Waals surface area contributed by atoms with Gasteiger partial charge in [-0.3, -0.25) is 4.79 Å². The van der Waals surface area contributed by atoms with Crippen molar-refractivity contribution in [1.82, 2.24) is 4.57 Å². The summed E-state index contributed by atoms with van der Waals surface area (Å²) in [7, 11) is 1.66. The van der Waals surface area contributed by atoms with Crippen LogP contribution in [0.15, 0.2) is 29.2 Å². The van der Waals surface area contributed by atoms with E-state index in [1.807, 2.05) is 31.4 Å². The summed E-state index contributed by atoms with van der Waals surface area (Å²) >= 11 is 0. The standard InChI is InChI=1S/C24H33NO4/c1-6-7-8-9-10-11-18-12-17(4)19(13-23(18)29-5)21-14-22(26)20(24(27)28)15-25(21)16(2)3/h12-16H,6-11H2,1-5H3,(H,27,28). The third-order valence-corrected chi connectivity index (χ3v) is 5.32. The van der Waals surface area contributed by atoms with E-state index in [1.165, 1.54) is 43.5 Å². The lowest BCUT2D eigenvalue weighted by Gasteiger charge is -2.21. The maximum Gasteiger partial charge on any atom is 0.341 e. The number of carboxylic acids is 1. The first-order chi connectivity index (χ1) is 13.8. The molecule has 0 saturated heterocycles. The molecule has 0 aliphatic rings. The maximum atomic E-state index is 12.4. The average molecular weight is 400 g/mol. The van der Waals surface area contributed by atoms with Gasteiger partial charge < -0.3 is 14.4 Å². The van der Waals surface area contributed by atoms with Gasteiger partial charge in [0.25, 0.3) is 0 Å². The Morgan fingerprint density at radius 1 is 1.14 bits per heavy atom. The fourth-order valence-corrected chi connectivity index (χ4v) is 3.68. The van der Waals surface area contributed by atoms with E-state index in [2.05, 4.69) is 13.0 Å². The molecule has 0 aliphatic carbocycles. The van der Waals surface area contributed by atoms with E-state index in [9.17, 15) is 14.7 Å². The summed E-state index contributed by atoms with van der Waals surface area (Å²) in [5.74, 6) is -0.394. The molecular weight excluding hydrogens is 366 g/mol. The van der Waals surface area contributed by atoms with Crippen LogP contribution in [0.5, 0.6) is 5.75 Å². The summed E-state index contributed by atoms with van der Waals surface area (Å²) in [6, 6.07) is 5.54. The highest BCUT2D eigenvalue weighted by atomic mass is 16.5. The Bertz CT molecular complexity index is 912. The molecule has 2 rings (SSSR count). The predicted octanol–water partition coefficient (Wildman–Crippen LogP) is 5.62. The Labute approximate surface area is 173 Å². The number of hydrogen-bond acceptors (Lipinski definition) is 3. The third kappa shape index (κ3) is 5.49. The fraction of sp³-hybridized carbons (Fsp3) is 0.500. The van der Waals surface area contributed by atoms with Gasteiger partial charge in [0.05, 0.1) is 12.8 Å². The minimum absolute atomic E-state index is 0.00679. The first-order valence-electron chi connectivity index (χ1n) is 10.5. The monoisotopic (exact) mass is 399 g/mol. The highest BCUT2D eigenvalue weighted by Crippen LogP contribution is 2.32. The zero-order chi connectivity index (χ0) is 21.6. The molecule has 5 heteroatoms. The number of rotatable bonds is 10. The molecular formula is C24H33NO4. The summed E-state index contributed by atoms with van der Waals surface area (Å²) in [5, 5.41) is 9.31. The number of ether oxygens (including phenoxy) is 1. The molecule has 29 heavy (non-hydrogen) atoms. The summed E-state index contributed by atoms with van der Waals surface area (Å²) in [4.78, 5) is 23.8. The summed E-state index contributed by atoms with van der Waals surface area (Å²) in [5.41, 5.74) is 3.12. The molecule has 1 aromatic carbocycles. The molecule has 1 heterocycles. The molecule has 158 valence electrons. The van der Waals surface area contributed by atoms with Crippen molar-refractivity contribution in [2.24, 2.45) is 0 Å². The van der Waals surface area contributed by atoms with Crippen LogP contribution in [0.4, 0.5) is 0 Å². The zero-order valence-corrected chi connectivity index (χ0v) is 18.2. The first-order valence-corrected chi connectivity index (χ1v) is 10.5. The molecule has 0 unspecified atom stereocenters. The molecule has 0 fully saturated rings. The number of unbranched alkanes of at least 4 members (excludes halogenated alkanes) is 4. The van der Waals surface area contributed by atoms with Crippen LogP contribution in [0.3, 0.4) is 0 Å². The van der Waals surface area contributed by atoms with Crippen LogP contribution >= 0.6 is 0 Å². The van der Waals surface area contributed by atoms with Crippen molar-refractivity contribution in [2.45, 2.75) is 72.3 Å². The molecule has 1 aromatic heterocycles. The molecule has 0 aliphatic heterocycles. The van der Waals surface area contributed by atoms with E-state index >= 15 is 0 Å². The quantitative estimate of drug-likeness (QED) is 0.526. The Morgan fingerprint density at radius 2 is 1.83 bits per heavy atom. The topological polar surface area (TPSA) is 68.5 Å². The van der Waals surface area contributed by atoms with Gasteiger partial charge in [0, 0.05) is 23.9 Å². The molecule has 0 amide bonds. The zero-order valence-electron chi connectivity index (χ0n) is 18.2. The van der Waals surface area contributed by atoms with Gasteiger partial charge in [-0.25, -0.2) is 4.79 Å². The van der Waals surface area contributed by atoms with E-state index in [0.29, 0.717) is 5.69 Å². The van der Waals surface area contributed by atoms with Crippen LogP contribution in [0.2, 0.25) is 0 Å². The van der Waals surface area contributed by atoms with Crippen LogP contribution in [-0.4, -0.2) is 22.8 Å². The SMILES string of the molecule is CCCCCCCc1cc(C)c(-c2cc(=O)c(C(=O)O)cn2C(C)C)cc1OC. The lowest BCUT2D eigenvalue weighted by molar-refractivity contribution is 0.0694. The second kappa shape index (κ2) is 10.3. The van der Waals surface area contributed by atoms with Crippen molar-refractivity contribution in [3.05, 3.63) is 51.3 Å². The molecule has 0 bridgehead atoms. The Hall–Kier alpha value is -2.56.